The number of thiophene rings is 1. The summed E-state index contributed by atoms with van der Waals surface area (Å²) in [7, 11) is -3.40. The van der Waals surface area contributed by atoms with Crippen molar-refractivity contribution in [3.8, 4) is 0 Å². The van der Waals surface area contributed by atoms with Gasteiger partial charge in [0.2, 0.25) is 5.91 Å². The zero-order chi connectivity index (χ0) is 18.9. The molecule has 1 amide bonds. The molecule has 1 aromatic heterocycles. The molecule has 7 heteroatoms. The van der Waals surface area contributed by atoms with Gasteiger partial charge in [-0.2, -0.15) is 4.31 Å². The maximum absolute atomic E-state index is 12.9. The smallest absolute Gasteiger partial charge is 0.252 e. The molecule has 2 aromatic rings. The second kappa shape index (κ2) is 7.73. The van der Waals surface area contributed by atoms with Crippen LogP contribution in [0.2, 0.25) is 0 Å². The van der Waals surface area contributed by atoms with Crippen molar-refractivity contribution >= 4 is 27.3 Å². The van der Waals surface area contributed by atoms with Crippen molar-refractivity contribution in [2.75, 3.05) is 19.6 Å². The van der Waals surface area contributed by atoms with E-state index in [1.165, 1.54) is 16.9 Å². The van der Waals surface area contributed by atoms with Gasteiger partial charge in [-0.1, -0.05) is 30.3 Å². The lowest BCUT2D eigenvalue weighted by molar-refractivity contribution is -0.131. The van der Waals surface area contributed by atoms with Gasteiger partial charge in [0.1, 0.15) is 4.21 Å². The molecule has 1 atom stereocenters. The number of hydrogen-bond donors (Lipinski definition) is 0. The van der Waals surface area contributed by atoms with Crippen LogP contribution in [0.4, 0.5) is 0 Å². The van der Waals surface area contributed by atoms with Gasteiger partial charge in [-0.15, -0.1) is 11.3 Å². The molecule has 2 saturated heterocycles. The van der Waals surface area contributed by atoms with Gasteiger partial charge in [-0.3, -0.25) is 4.79 Å². The Morgan fingerprint density at radius 1 is 1.00 bits per heavy atom. The molecule has 2 aliphatic heterocycles. The van der Waals surface area contributed by atoms with E-state index in [9.17, 15) is 13.2 Å². The highest BCUT2D eigenvalue weighted by molar-refractivity contribution is 7.91. The third kappa shape index (κ3) is 3.81. The largest absolute Gasteiger partial charge is 0.335 e. The van der Waals surface area contributed by atoms with Crippen molar-refractivity contribution < 1.29 is 13.2 Å². The quantitative estimate of drug-likeness (QED) is 0.767. The van der Waals surface area contributed by atoms with E-state index in [0.29, 0.717) is 17.3 Å². The number of amides is 1. The predicted molar refractivity (Wildman–Crippen MR) is 106 cm³/mol. The Balaban J connectivity index is 1.46. The Bertz CT molecular complexity index is 902. The molecule has 0 bridgehead atoms. The van der Waals surface area contributed by atoms with Gasteiger partial charge in [0.25, 0.3) is 10.0 Å². The van der Waals surface area contributed by atoms with E-state index in [1.54, 1.807) is 16.4 Å². The average molecular weight is 405 g/mol. The molecule has 144 valence electrons. The van der Waals surface area contributed by atoms with Crippen molar-refractivity contribution in [3.63, 3.8) is 0 Å². The van der Waals surface area contributed by atoms with Gasteiger partial charge in [0, 0.05) is 24.5 Å². The summed E-state index contributed by atoms with van der Waals surface area (Å²) in [4.78, 5) is 15.7. The third-order valence-corrected chi connectivity index (χ3v) is 8.83. The molecule has 0 N–H and O–H groups in total. The number of benzene rings is 1. The summed E-state index contributed by atoms with van der Waals surface area (Å²) in [6.45, 7) is 1.96. The highest BCUT2D eigenvalue weighted by atomic mass is 32.2. The highest BCUT2D eigenvalue weighted by Gasteiger charge is 2.31. The molecule has 0 saturated carbocycles. The summed E-state index contributed by atoms with van der Waals surface area (Å²) in [6, 6.07) is 13.7. The molecular weight excluding hydrogens is 380 g/mol. The fourth-order valence-corrected chi connectivity index (χ4v) is 7.00. The van der Waals surface area contributed by atoms with Gasteiger partial charge in [0.15, 0.2) is 0 Å². The van der Waals surface area contributed by atoms with E-state index < -0.39 is 10.0 Å². The average Bonchev–Trinajstić information content (AvgIpc) is 3.42. The molecule has 5 nitrogen and oxygen atoms in total. The second-order valence-corrected chi connectivity index (χ2v) is 10.5. The number of rotatable bonds is 5. The zero-order valence-electron chi connectivity index (χ0n) is 15.2. The highest BCUT2D eigenvalue weighted by Crippen LogP contribution is 2.33. The summed E-state index contributed by atoms with van der Waals surface area (Å²) in [5.74, 6) is 0.0772. The van der Waals surface area contributed by atoms with E-state index in [-0.39, 0.29) is 18.4 Å². The maximum Gasteiger partial charge on any atom is 0.252 e. The van der Waals surface area contributed by atoms with Gasteiger partial charge in [-0.05, 0) is 43.4 Å². The van der Waals surface area contributed by atoms with Crippen molar-refractivity contribution in [2.45, 2.75) is 42.4 Å². The van der Waals surface area contributed by atoms with Crippen LogP contribution in [0.3, 0.4) is 0 Å². The van der Waals surface area contributed by atoms with Crippen LogP contribution in [0.15, 0.2) is 46.7 Å². The lowest BCUT2D eigenvalue weighted by Crippen LogP contribution is -2.31. The number of nitrogens with zero attached hydrogens (tertiary/aromatic N) is 2. The van der Waals surface area contributed by atoms with Crippen molar-refractivity contribution in [2.24, 2.45) is 0 Å². The van der Waals surface area contributed by atoms with Crippen molar-refractivity contribution in [1.82, 2.24) is 9.21 Å². The Hall–Kier alpha value is -1.70. The SMILES string of the molecule is O=C(Cc1ccc(S(=O)(=O)N2CCCC2)s1)N1CCCC1c1ccccc1. The van der Waals surface area contributed by atoms with Gasteiger partial charge in [0.05, 0.1) is 12.5 Å². The third-order valence-electron chi connectivity index (χ3n) is 5.38. The number of hydrogen-bond acceptors (Lipinski definition) is 4. The minimum absolute atomic E-state index is 0.0772. The van der Waals surface area contributed by atoms with Gasteiger partial charge >= 0.3 is 0 Å². The summed E-state index contributed by atoms with van der Waals surface area (Å²) >= 11 is 1.23. The summed E-state index contributed by atoms with van der Waals surface area (Å²) in [5.41, 5.74) is 1.17. The minimum Gasteiger partial charge on any atom is -0.335 e. The molecule has 0 spiro atoms. The lowest BCUT2D eigenvalue weighted by atomic mass is 10.0. The van der Waals surface area contributed by atoms with Crippen LogP contribution >= 0.6 is 11.3 Å². The van der Waals surface area contributed by atoms with E-state index in [4.69, 9.17) is 0 Å². The zero-order valence-corrected chi connectivity index (χ0v) is 16.8. The molecular formula is C20H24N2O3S2. The molecule has 27 heavy (non-hydrogen) atoms. The van der Waals surface area contributed by atoms with Crippen LogP contribution < -0.4 is 0 Å². The summed E-state index contributed by atoms with van der Waals surface area (Å²) in [5, 5.41) is 0. The van der Waals surface area contributed by atoms with Crippen LogP contribution in [0.5, 0.6) is 0 Å². The Kier molecular flexibility index (Phi) is 5.34. The number of likely N-dealkylation sites (tertiary alicyclic amines) is 1. The number of carbonyl (C=O) groups is 1. The van der Waals surface area contributed by atoms with E-state index >= 15 is 0 Å². The first-order chi connectivity index (χ1) is 13.1. The van der Waals surface area contributed by atoms with Gasteiger partial charge < -0.3 is 4.90 Å². The van der Waals surface area contributed by atoms with Crippen LogP contribution in [-0.2, 0) is 21.2 Å². The molecule has 3 heterocycles. The molecule has 2 fully saturated rings. The molecule has 0 aliphatic carbocycles. The first-order valence-corrected chi connectivity index (χ1v) is 11.7. The number of carbonyl (C=O) groups excluding carboxylic acids is 1. The molecule has 1 unspecified atom stereocenters. The minimum atomic E-state index is -3.40. The Morgan fingerprint density at radius 2 is 1.74 bits per heavy atom. The van der Waals surface area contributed by atoms with Crippen LogP contribution in [0, 0.1) is 0 Å². The molecule has 2 aliphatic rings. The Morgan fingerprint density at radius 3 is 2.48 bits per heavy atom. The standard InChI is InChI=1S/C20H24N2O3S2/c23-19(22-14-6-9-18(22)16-7-2-1-3-8-16)15-17-10-11-20(26-17)27(24,25)21-12-4-5-13-21/h1-3,7-8,10-11,18H,4-6,9,12-15H2. The second-order valence-electron chi connectivity index (χ2n) is 7.16. The van der Waals surface area contributed by atoms with Crippen molar-refractivity contribution in [1.29, 1.82) is 0 Å². The fraction of sp³-hybridized carbons (Fsp3) is 0.450. The molecule has 0 radical (unpaired) electrons. The van der Waals surface area contributed by atoms with Crippen LogP contribution in [0.25, 0.3) is 0 Å². The monoisotopic (exact) mass is 404 g/mol. The number of sulfonamides is 1. The summed E-state index contributed by atoms with van der Waals surface area (Å²) < 4.78 is 27.2. The lowest BCUT2D eigenvalue weighted by Gasteiger charge is -2.25. The first-order valence-electron chi connectivity index (χ1n) is 9.49. The van der Waals surface area contributed by atoms with E-state index in [0.717, 1.165) is 37.1 Å². The summed E-state index contributed by atoms with van der Waals surface area (Å²) in [6.07, 6.45) is 4.10. The molecule has 1 aromatic carbocycles. The van der Waals surface area contributed by atoms with E-state index in [2.05, 4.69) is 12.1 Å². The molecule has 4 rings (SSSR count). The first kappa shape index (κ1) is 18.7. The predicted octanol–water partition coefficient (Wildman–Crippen LogP) is 3.44. The normalized spacial score (nSPS) is 21.0. The van der Waals surface area contributed by atoms with Crippen LogP contribution in [-0.4, -0.2) is 43.2 Å². The van der Waals surface area contributed by atoms with Crippen molar-refractivity contribution in [3.05, 3.63) is 52.9 Å². The Labute approximate surface area is 164 Å². The maximum atomic E-state index is 12.9. The fourth-order valence-electron chi connectivity index (χ4n) is 3.99. The van der Waals surface area contributed by atoms with Gasteiger partial charge in [-0.25, -0.2) is 8.42 Å². The van der Waals surface area contributed by atoms with E-state index in [1.807, 2.05) is 23.1 Å². The topological polar surface area (TPSA) is 57.7 Å². The van der Waals surface area contributed by atoms with Crippen LogP contribution in [0.1, 0.15) is 42.2 Å².